The quantitative estimate of drug-likeness (QED) is 0.781. The molecule has 1 amide bonds. The molecule has 0 aromatic heterocycles. The van der Waals surface area contributed by atoms with Crippen LogP contribution in [0.15, 0.2) is 12.1 Å². The van der Waals surface area contributed by atoms with Crippen molar-refractivity contribution < 1.29 is 4.79 Å². The van der Waals surface area contributed by atoms with E-state index in [-0.39, 0.29) is 5.91 Å². The van der Waals surface area contributed by atoms with E-state index in [4.69, 9.17) is 5.73 Å². The van der Waals surface area contributed by atoms with Gasteiger partial charge in [-0.25, -0.2) is 0 Å². The minimum Gasteiger partial charge on any atom is -0.397 e. The first-order valence-corrected chi connectivity index (χ1v) is 7.82. The Labute approximate surface area is 126 Å². The summed E-state index contributed by atoms with van der Waals surface area (Å²) in [7, 11) is 0. The number of nitrogens with zero attached hydrogens (tertiary/aromatic N) is 1. The van der Waals surface area contributed by atoms with Crippen molar-refractivity contribution in [1.82, 2.24) is 0 Å². The summed E-state index contributed by atoms with van der Waals surface area (Å²) in [5, 5.41) is 2.97. The first-order chi connectivity index (χ1) is 9.84. The van der Waals surface area contributed by atoms with Crippen LogP contribution in [0.25, 0.3) is 0 Å². The average molecular weight is 287 g/mol. The summed E-state index contributed by atoms with van der Waals surface area (Å²) in [4.78, 5) is 13.9. The fourth-order valence-corrected chi connectivity index (χ4v) is 3.40. The Hall–Kier alpha value is -1.71. The third-order valence-electron chi connectivity index (χ3n) is 4.90. The Morgan fingerprint density at radius 2 is 2.05 bits per heavy atom. The summed E-state index contributed by atoms with van der Waals surface area (Å²) in [5.74, 6) is 0.787. The molecule has 1 aromatic rings. The van der Waals surface area contributed by atoms with E-state index >= 15 is 0 Å². The number of nitrogens with two attached hydrogens (primary N) is 1. The first-order valence-electron chi connectivity index (χ1n) is 7.82. The maximum atomic E-state index is 11.6. The molecular weight excluding hydrogens is 262 g/mol. The molecule has 0 spiro atoms. The smallest absolute Gasteiger partial charge is 0.224 e. The molecule has 21 heavy (non-hydrogen) atoms. The van der Waals surface area contributed by atoms with Crippen LogP contribution in [0, 0.1) is 11.3 Å². The number of aryl methyl sites for hydroxylation is 1. The number of hydrogen-bond acceptors (Lipinski definition) is 3. The summed E-state index contributed by atoms with van der Waals surface area (Å²) in [6.07, 6.45) is 2.55. The summed E-state index contributed by atoms with van der Waals surface area (Å²) in [6.45, 7) is 8.99. The maximum absolute atomic E-state index is 11.6. The Morgan fingerprint density at radius 1 is 1.29 bits per heavy atom. The van der Waals surface area contributed by atoms with E-state index in [0.717, 1.165) is 42.1 Å². The van der Waals surface area contributed by atoms with Gasteiger partial charge in [0.25, 0.3) is 0 Å². The van der Waals surface area contributed by atoms with Crippen LogP contribution in [0.4, 0.5) is 17.1 Å². The molecule has 4 heteroatoms. The fraction of sp³-hybridized carbons (Fsp3) is 0.588. The first kappa shape index (κ1) is 14.2. The van der Waals surface area contributed by atoms with Crippen molar-refractivity contribution in [3.05, 3.63) is 17.7 Å². The molecule has 1 unspecified atom stereocenters. The van der Waals surface area contributed by atoms with Crippen LogP contribution in [0.2, 0.25) is 0 Å². The number of benzene rings is 1. The summed E-state index contributed by atoms with van der Waals surface area (Å²) >= 11 is 0. The van der Waals surface area contributed by atoms with Crippen LogP contribution in [-0.4, -0.2) is 19.0 Å². The van der Waals surface area contributed by atoms with E-state index in [1.807, 2.05) is 6.07 Å². The average Bonchev–Trinajstić information content (AvgIpc) is 2.88. The van der Waals surface area contributed by atoms with Crippen molar-refractivity contribution in [2.45, 2.75) is 40.0 Å². The molecule has 2 aliphatic rings. The van der Waals surface area contributed by atoms with Crippen molar-refractivity contribution >= 4 is 23.0 Å². The van der Waals surface area contributed by atoms with E-state index in [1.54, 1.807) is 0 Å². The highest BCUT2D eigenvalue weighted by Crippen LogP contribution is 2.39. The number of amides is 1. The van der Waals surface area contributed by atoms with Gasteiger partial charge < -0.3 is 16.0 Å². The fourth-order valence-electron chi connectivity index (χ4n) is 3.40. The Bertz CT molecular complexity index is 574. The number of nitrogens with one attached hydrogen (secondary N) is 1. The van der Waals surface area contributed by atoms with Gasteiger partial charge in [0.15, 0.2) is 0 Å². The van der Waals surface area contributed by atoms with Gasteiger partial charge in [0.05, 0.1) is 11.4 Å². The predicted octanol–water partition coefficient (Wildman–Crippen LogP) is 3.03. The van der Waals surface area contributed by atoms with Crippen molar-refractivity contribution in [3.63, 3.8) is 0 Å². The van der Waals surface area contributed by atoms with Gasteiger partial charge >= 0.3 is 0 Å². The topological polar surface area (TPSA) is 58.4 Å². The molecule has 1 atom stereocenters. The van der Waals surface area contributed by atoms with Crippen LogP contribution in [0.1, 0.15) is 39.2 Å². The normalized spacial score (nSPS) is 22.1. The molecule has 3 rings (SSSR count). The summed E-state index contributed by atoms with van der Waals surface area (Å²) in [5.41, 5.74) is 10.6. The Balaban J connectivity index is 1.86. The van der Waals surface area contributed by atoms with Crippen LogP contribution in [0.3, 0.4) is 0 Å². The van der Waals surface area contributed by atoms with Gasteiger partial charge in [0.1, 0.15) is 0 Å². The molecule has 1 fully saturated rings. The number of carbonyl (C=O) groups is 1. The molecule has 0 aliphatic carbocycles. The lowest BCUT2D eigenvalue weighted by molar-refractivity contribution is -0.116. The van der Waals surface area contributed by atoms with Gasteiger partial charge in [-0.05, 0) is 41.9 Å². The van der Waals surface area contributed by atoms with Crippen LogP contribution < -0.4 is 16.0 Å². The van der Waals surface area contributed by atoms with Gasteiger partial charge in [0, 0.05) is 25.2 Å². The number of anilines is 3. The van der Waals surface area contributed by atoms with Crippen LogP contribution in [0.5, 0.6) is 0 Å². The maximum Gasteiger partial charge on any atom is 0.224 e. The second-order valence-corrected chi connectivity index (χ2v) is 7.41. The van der Waals surface area contributed by atoms with E-state index in [9.17, 15) is 4.79 Å². The van der Waals surface area contributed by atoms with E-state index in [1.165, 1.54) is 6.42 Å². The third-order valence-corrected chi connectivity index (χ3v) is 4.90. The molecule has 0 bridgehead atoms. The zero-order valence-corrected chi connectivity index (χ0v) is 13.2. The number of rotatable bonds is 1. The summed E-state index contributed by atoms with van der Waals surface area (Å²) < 4.78 is 0. The van der Waals surface area contributed by atoms with Gasteiger partial charge in [-0.2, -0.15) is 0 Å². The van der Waals surface area contributed by atoms with Crippen LogP contribution >= 0.6 is 0 Å². The van der Waals surface area contributed by atoms with Crippen molar-refractivity contribution in [2.24, 2.45) is 11.3 Å². The number of carbonyl (C=O) groups excluding carboxylic acids is 1. The molecule has 1 saturated heterocycles. The number of nitrogen functional groups attached to an aromatic ring is 1. The van der Waals surface area contributed by atoms with Gasteiger partial charge in [-0.15, -0.1) is 0 Å². The Morgan fingerprint density at radius 3 is 2.71 bits per heavy atom. The Kier molecular flexibility index (Phi) is 3.34. The molecule has 4 nitrogen and oxygen atoms in total. The molecule has 114 valence electrons. The lowest BCUT2D eigenvalue weighted by Crippen LogP contribution is -2.27. The van der Waals surface area contributed by atoms with E-state index in [2.05, 4.69) is 37.1 Å². The molecule has 1 aromatic carbocycles. The molecule has 3 N–H and O–H groups in total. The monoisotopic (exact) mass is 287 g/mol. The highest BCUT2D eigenvalue weighted by atomic mass is 16.1. The molecule has 2 aliphatic heterocycles. The standard InChI is InChI=1S/C17H25N3O/c1-17(2,3)12-6-7-20(10-12)15-9-14-11(8-13(15)18)4-5-16(21)19-14/h8-9,12H,4-7,10,18H2,1-3H3,(H,19,21). The third kappa shape index (κ3) is 2.71. The number of fused-ring (bicyclic) bond motifs is 1. The van der Waals surface area contributed by atoms with Crippen molar-refractivity contribution in [3.8, 4) is 0 Å². The second-order valence-electron chi connectivity index (χ2n) is 7.41. The largest absolute Gasteiger partial charge is 0.397 e. The molecule has 0 saturated carbocycles. The van der Waals surface area contributed by atoms with Crippen molar-refractivity contribution in [2.75, 3.05) is 29.0 Å². The number of hydrogen-bond donors (Lipinski definition) is 2. The zero-order valence-electron chi connectivity index (χ0n) is 13.2. The molecule has 0 radical (unpaired) electrons. The lowest BCUT2D eigenvalue weighted by Gasteiger charge is -2.28. The van der Waals surface area contributed by atoms with Gasteiger partial charge in [0.2, 0.25) is 5.91 Å². The van der Waals surface area contributed by atoms with E-state index < -0.39 is 0 Å². The highest BCUT2D eigenvalue weighted by molar-refractivity contribution is 5.95. The summed E-state index contributed by atoms with van der Waals surface area (Å²) in [6, 6.07) is 4.10. The molecular formula is C17H25N3O. The van der Waals surface area contributed by atoms with E-state index in [0.29, 0.717) is 17.8 Å². The zero-order chi connectivity index (χ0) is 15.2. The predicted molar refractivity (Wildman–Crippen MR) is 87.6 cm³/mol. The van der Waals surface area contributed by atoms with Gasteiger partial charge in [-0.1, -0.05) is 20.8 Å². The van der Waals surface area contributed by atoms with Gasteiger partial charge in [-0.3, -0.25) is 4.79 Å². The lowest BCUT2D eigenvalue weighted by atomic mass is 9.80. The molecule has 2 heterocycles. The highest BCUT2D eigenvalue weighted by Gasteiger charge is 2.32. The van der Waals surface area contributed by atoms with Crippen molar-refractivity contribution in [1.29, 1.82) is 0 Å². The minimum atomic E-state index is 0.104. The minimum absolute atomic E-state index is 0.104. The second kappa shape index (κ2) is 4.93. The SMILES string of the molecule is CC(C)(C)C1CCN(c2cc3c(cc2N)CCC(=O)N3)C1. The van der Waals surface area contributed by atoms with Crippen LogP contribution in [-0.2, 0) is 11.2 Å².